The summed E-state index contributed by atoms with van der Waals surface area (Å²) in [7, 11) is 1.60. The Labute approximate surface area is 191 Å². The summed E-state index contributed by atoms with van der Waals surface area (Å²) in [6, 6.07) is 10.5. The standard InChI is InChI=1S/C26H28FNO5/c1-16(2)10-13-32-19-7-4-6-17(14-19)23-22-24(29)20-15-18(27)8-9-21(20)33-25(22)26(30)28(23)11-5-12-31-3/h4,6-9,14-16,23H,5,10-13H2,1-3H3. The fourth-order valence-electron chi connectivity index (χ4n) is 4.14. The Morgan fingerprint density at radius 2 is 1.94 bits per heavy atom. The summed E-state index contributed by atoms with van der Waals surface area (Å²) in [5.74, 6) is 0.297. The zero-order valence-corrected chi connectivity index (χ0v) is 19.1. The molecule has 0 N–H and O–H groups in total. The van der Waals surface area contributed by atoms with Gasteiger partial charge < -0.3 is 18.8 Å². The number of carbonyl (C=O) groups excluding carboxylic acids is 1. The van der Waals surface area contributed by atoms with Crippen LogP contribution in [0, 0.1) is 11.7 Å². The Morgan fingerprint density at radius 1 is 1.12 bits per heavy atom. The van der Waals surface area contributed by atoms with E-state index in [-0.39, 0.29) is 28.2 Å². The molecule has 0 bridgehead atoms. The molecule has 33 heavy (non-hydrogen) atoms. The van der Waals surface area contributed by atoms with Gasteiger partial charge in [0.2, 0.25) is 5.76 Å². The smallest absolute Gasteiger partial charge is 0.290 e. The first-order chi connectivity index (χ1) is 15.9. The molecule has 2 heterocycles. The first-order valence-electron chi connectivity index (χ1n) is 11.2. The van der Waals surface area contributed by atoms with Gasteiger partial charge in [-0.2, -0.15) is 0 Å². The van der Waals surface area contributed by atoms with Crippen LogP contribution in [0.2, 0.25) is 0 Å². The lowest BCUT2D eigenvalue weighted by Gasteiger charge is -2.25. The maximum atomic E-state index is 13.9. The second kappa shape index (κ2) is 9.75. The van der Waals surface area contributed by atoms with E-state index < -0.39 is 17.3 Å². The van der Waals surface area contributed by atoms with E-state index in [1.807, 2.05) is 24.3 Å². The lowest BCUT2D eigenvalue weighted by atomic mass is 9.98. The number of amides is 1. The summed E-state index contributed by atoms with van der Waals surface area (Å²) in [6.45, 7) is 5.69. The third kappa shape index (κ3) is 4.64. The van der Waals surface area contributed by atoms with E-state index >= 15 is 0 Å². The average molecular weight is 454 g/mol. The quantitative estimate of drug-likeness (QED) is 0.430. The molecule has 1 aliphatic rings. The molecule has 0 radical (unpaired) electrons. The molecule has 0 saturated carbocycles. The Kier molecular flexibility index (Phi) is 6.79. The van der Waals surface area contributed by atoms with E-state index in [4.69, 9.17) is 13.9 Å². The zero-order valence-electron chi connectivity index (χ0n) is 19.1. The molecule has 174 valence electrons. The highest BCUT2D eigenvalue weighted by Crippen LogP contribution is 2.39. The maximum Gasteiger partial charge on any atom is 0.290 e. The van der Waals surface area contributed by atoms with Gasteiger partial charge in [0.25, 0.3) is 5.91 Å². The van der Waals surface area contributed by atoms with Gasteiger partial charge in [0.1, 0.15) is 17.1 Å². The van der Waals surface area contributed by atoms with Crippen molar-refractivity contribution in [3.05, 3.63) is 75.4 Å². The number of halogens is 1. The number of nitrogens with zero attached hydrogens (tertiary/aromatic N) is 1. The summed E-state index contributed by atoms with van der Waals surface area (Å²) in [5.41, 5.74) is 0.765. The monoisotopic (exact) mass is 453 g/mol. The van der Waals surface area contributed by atoms with Crippen LogP contribution in [0.3, 0.4) is 0 Å². The lowest BCUT2D eigenvalue weighted by molar-refractivity contribution is 0.0707. The molecule has 4 rings (SSSR count). The van der Waals surface area contributed by atoms with Gasteiger partial charge in [-0.25, -0.2) is 4.39 Å². The summed E-state index contributed by atoms with van der Waals surface area (Å²) >= 11 is 0. The molecule has 1 aromatic heterocycles. The average Bonchev–Trinajstić information content (AvgIpc) is 3.06. The molecule has 0 aliphatic carbocycles. The number of hydrogen-bond acceptors (Lipinski definition) is 5. The van der Waals surface area contributed by atoms with Gasteiger partial charge in [-0.05, 0) is 54.7 Å². The zero-order chi connectivity index (χ0) is 23.5. The van der Waals surface area contributed by atoms with Crippen LogP contribution in [0.25, 0.3) is 11.0 Å². The molecule has 0 fully saturated rings. The van der Waals surface area contributed by atoms with Gasteiger partial charge in [-0.3, -0.25) is 9.59 Å². The van der Waals surface area contributed by atoms with E-state index in [9.17, 15) is 14.0 Å². The normalized spacial score (nSPS) is 15.5. The van der Waals surface area contributed by atoms with Gasteiger partial charge in [-0.1, -0.05) is 26.0 Å². The number of rotatable bonds is 9. The Balaban J connectivity index is 1.79. The lowest BCUT2D eigenvalue weighted by Crippen LogP contribution is -2.31. The van der Waals surface area contributed by atoms with Crippen LogP contribution >= 0.6 is 0 Å². The first kappa shape index (κ1) is 23.0. The minimum Gasteiger partial charge on any atom is -0.494 e. The van der Waals surface area contributed by atoms with Crippen molar-refractivity contribution in [3.8, 4) is 5.75 Å². The summed E-state index contributed by atoms with van der Waals surface area (Å²) in [4.78, 5) is 28.4. The summed E-state index contributed by atoms with van der Waals surface area (Å²) in [6.07, 6.45) is 1.51. The van der Waals surface area contributed by atoms with Crippen LogP contribution in [0.1, 0.15) is 54.4 Å². The fraction of sp³-hybridized carbons (Fsp3) is 0.385. The molecule has 1 amide bonds. The highest BCUT2D eigenvalue weighted by atomic mass is 19.1. The molecule has 0 spiro atoms. The van der Waals surface area contributed by atoms with E-state index in [1.54, 1.807) is 12.0 Å². The summed E-state index contributed by atoms with van der Waals surface area (Å²) < 4.78 is 30.8. The van der Waals surface area contributed by atoms with Crippen molar-refractivity contribution >= 4 is 16.9 Å². The molecule has 6 nitrogen and oxygen atoms in total. The molecule has 0 saturated heterocycles. The van der Waals surface area contributed by atoms with Crippen LogP contribution in [-0.4, -0.2) is 37.7 Å². The summed E-state index contributed by atoms with van der Waals surface area (Å²) in [5, 5.41) is 0.120. The van der Waals surface area contributed by atoms with Crippen LogP contribution < -0.4 is 10.2 Å². The van der Waals surface area contributed by atoms with Gasteiger partial charge in [0.05, 0.1) is 23.6 Å². The van der Waals surface area contributed by atoms with E-state index in [2.05, 4.69) is 13.8 Å². The van der Waals surface area contributed by atoms with Crippen molar-refractivity contribution in [3.63, 3.8) is 0 Å². The molecule has 3 aromatic rings. The number of carbonyl (C=O) groups is 1. The molecule has 1 atom stereocenters. The number of benzene rings is 2. The van der Waals surface area contributed by atoms with Crippen molar-refractivity contribution in [2.24, 2.45) is 5.92 Å². The minimum absolute atomic E-state index is 0.00709. The molecular formula is C26H28FNO5. The molecular weight excluding hydrogens is 425 g/mol. The van der Waals surface area contributed by atoms with Gasteiger partial charge in [0.15, 0.2) is 5.43 Å². The fourth-order valence-corrected chi connectivity index (χ4v) is 4.14. The predicted molar refractivity (Wildman–Crippen MR) is 123 cm³/mol. The molecule has 1 aliphatic heterocycles. The topological polar surface area (TPSA) is 69.0 Å². The van der Waals surface area contributed by atoms with Crippen LogP contribution in [-0.2, 0) is 4.74 Å². The highest BCUT2D eigenvalue weighted by molar-refractivity contribution is 5.99. The van der Waals surface area contributed by atoms with Crippen molar-refractivity contribution in [1.29, 1.82) is 0 Å². The molecule has 7 heteroatoms. The number of hydrogen-bond donors (Lipinski definition) is 0. The third-order valence-electron chi connectivity index (χ3n) is 5.81. The Bertz CT molecular complexity index is 1220. The number of methoxy groups -OCH3 is 1. The largest absolute Gasteiger partial charge is 0.494 e. The van der Waals surface area contributed by atoms with Gasteiger partial charge in [0, 0.05) is 20.3 Å². The van der Waals surface area contributed by atoms with Gasteiger partial charge >= 0.3 is 0 Å². The van der Waals surface area contributed by atoms with E-state index in [1.165, 1.54) is 12.1 Å². The predicted octanol–water partition coefficient (Wildman–Crippen LogP) is 4.94. The minimum atomic E-state index is -0.651. The SMILES string of the molecule is COCCCN1C(=O)c2oc3ccc(F)cc3c(=O)c2C1c1cccc(OCCC(C)C)c1. The van der Waals surface area contributed by atoms with Crippen molar-refractivity contribution in [2.45, 2.75) is 32.7 Å². The van der Waals surface area contributed by atoms with E-state index in [0.29, 0.717) is 37.8 Å². The van der Waals surface area contributed by atoms with Crippen molar-refractivity contribution in [2.75, 3.05) is 26.9 Å². The van der Waals surface area contributed by atoms with Crippen molar-refractivity contribution in [1.82, 2.24) is 4.90 Å². The van der Waals surface area contributed by atoms with Crippen LogP contribution in [0.4, 0.5) is 4.39 Å². The van der Waals surface area contributed by atoms with E-state index in [0.717, 1.165) is 18.1 Å². The highest BCUT2D eigenvalue weighted by Gasteiger charge is 2.42. The Hall–Kier alpha value is -3.19. The molecule has 1 unspecified atom stereocenters. The van der Waals surface area contributed by atoms with Crippen LogP contribution in [0.5, 0.6) is 5.75 Å². The maximum absolute atomic E-state index is 13.9. The first-order valence-corrected chi connectivity index (χ1v) is 11.2. The third-order valence-corrected chi connectivity index (χ3v) is 5.81. The second-order valence-electron chi connectivity index (χ2n) is 8.67. The van der Waals surface area contributed by atoms with Gasteiger partial charge in [-0.15, -0.1) is 0 Å². The van der Waals surface area contributed by atoms with Crippen LogP contribution in [0.15, 0.2) is 51.7 Å². The molecule has 2 aromatic carbocycles. The Morgan fingerprint density at radius 3 is 2.70 bits per heavy atom. The second-order valence-corrected chi connectivity index (χ2v) is 8.67. The van der Waals surface area contributed by atoms with Crippen molar-refractivity contribution < 1.29 is 23.1 Å². The number of fused-ring (bicyclic) bond motifs is 2. The number of ether oxygens (including phenoxy) is 2.